The van der Waals surface area contributed by atoms with Crippen LogP contribution in [-0.2, 0) is 24.2 Å². The highest BCUT2D eigenvalue weighted by Gasteiger charge is 2.30. The van der Waals surface area contributed by atoms with Crippen molar-refractivity contribution in [3.05, 3.63) is 59.7 Å². The van der Waals surface area contributed by atoms with E-state index < -0.39 is 45.6 Å². The van der Waals surface area contributed by atoms with Gasteiger partial charge in [-0.2, -0.15) is 0 Å². The highest BCUT2D eigenvalue weighted by molar-refractivity contribution is 7.90. The first-order chi connectivity index (χ1) is 15.6. The van der Waals surface area contributed by atoms with Crippen LogP contribution in [0.2, 0.25) is 0 Å². The summed E-state index contributed by atoms with van der Waals surface area (Å²) in [6.07, 6.45) is -0.116. The molecule has 0 spiro atoms. The molecule has 2 aromatic carbocycles. The molecule has 1 aliphatic rings. The van der Waals surface area contributed by atoms with E-state index >= 15 is 0 Å². The summed E-state index contributed by atoms with van der Waals surface area (Å²) in [6, 6.07) is 13.3. The molecule has 0 aliphatic heterocycles. The van der Waals surface area contributed by atoms with Crippen LogP contribution in [0, 0.1) is 0 Å². The third-order valence-electron chi connectivity index (χ3n) is 5.46. The third-order valence-corrected chi connectivity index (χ3v) is 6.44. The zero-order valence-electron chi connectivity index (χ0n) is 18.3. The van der Waals surface area contributed by atoms with Gasteiger partial charge in [-0.05, 0) is 35.6 Å². The van der Waals surface area contributed by atoms with Crippen LogP contribution >= 0.6 is 0 Å². The quantitative estimate of drug-likeness (QED) is 0.505. The molecular formula is C23H26N2O7S. The molecular weight excluding hydrogens is 448 g/mol. The van der Waals surface area contributed by atoms with Crippen molar-refractivity contribution >= 4 is 27.8 Å². The van der Waals surface area contributed by atoms with Gasteiger partial charge in [0.15, 0.2) is 0 Å². The molecule has 2 amide bonds. The number of alkyl carbamates (subject to hydrolysis) is 1. The number of hydrogen-bond donors (Lipinski definition) is 3. The smallest absolute Gasteiger partial charge is 0.407 e. The van der Waals surface area contributed by atoms with Gasteiger partial charge in [0.05, 0.1) is 5.75 Å². The van der Waals surface area contributed by atoms with E-state index in [0.717, 1.165) is 28.5 Å². The average molecular weight is 475 g/mol. The first-order valence-corrected chi connectivity index (χ1v) is 12.5. The number of sulfone groups is 1. The predicted octanol–water partition coefficient (Wildman–Crippen LogP) is 1.92. The lowest BCUT2D eigenvalue weighted by Crippen LogP contribution is -2.50. The number of amides is 2. The lowest BCUT2D eigenvalue weighted by Gasteiger charge is -2.19. The third kappa shape index (κ3) is 6.10. The van der Waals surface area contributed by atoms with Gasteiger partial charge in [-0.1, -0.05) is 48.5 Å². The minimum atomic E-state index is -3.39. The van der Waals surface area contributed by atoms with Gasteiger partial charge >= 0.3 is 12.1 Å². The van der Waals surface area contributed by atoms with Gasteiger partial charge in [-0.25, -0.2) is 18.0 Å². The topological polar surface area (TPSA) is 139 Å². The first-order valence-electron chi connectivity index (χ1n) is 10.4. The first kappa shape index (κ1) is 24.2. The molecule has 0 saturated heterocycles. The lowest BCUT2D eigenvalue weighted by atomic mass is 9.98. The summed E-state index contributed by atoms with van der Waals surface area (Å²) in [6.45, 7) is 1.45. The van der Waals surface area contributed by atoms with Crippen LogP contribution in [0.15, 0.2) is 48.5 Å². The van der Waals surface area contributed by atoms with Crippen molar-refractivity contribution in [1.82, 2.24) is 10.6 Å². The largest absolute Gasteiger partial charge is 0.480 e. The van der Waals surface area contributed by atoms with Gasteiger partial charge in [-0.3, -0.25) is 4.79 Å². The maximum absolute atomic E-state index is 12.3. The van der Waals surface area contributed by atoms with E-state index in [1.165, 1.54) is 6.92 Å². The molecule has 3 N–H and O–H groups in total. The predicted molar refractivity (Wildman–Crippen MR) is 122 cm³/mol. The molecule has 2 aromatic rings. The summed E-state index contributed by atoms with van der Waals surface area (Å²) in [5.41, 5.74) is 4.27. The lowest BCUT2D eigenvalue weighted by molar-refractivity contribution is -0.142. The van der Waals surface area contributed by atoms with E-state index in [1.54, 1.807) is 0 Å². The Hall–Kier alpha value is -3.40. The molecule has 0 aromatic heterocycles. The molecule has 3 rings (SSSR count). The Bertz CT molecular complexity index is 1120. The van der Waals surface area contributed by atoms with E-state index in [4.69, 9.17) is 4.74 Å². The van der Waals surface area contributed by atoms with Crippen molar-refractivity contribution in [2.45, 2.75) is 31.3 Å². The van der Waals surface area contributed by atoms with Crippen molar-refractivity contribution in [3.8, 4) is 11.1 Å². The highest BCUT2D eigenvalue weighted by atomic mass is 32.2. The van der Waals surface area contributed by atoms with Crippen LogP contribution in [0.4, 0.5) is 4.79 Å². The average Bonchev–Trinajstić information content (AvgIpc) is 3.08. The van der Waals surface area contributed by atoms with E-state index in [9.17, 15) is 27.9 Å². The Morgan fingerprint density at radius 1 is 1.00 bits per heavy atom. The second-order valence-electron chi connectivity index (χ2n) is 8.01. The SMILES string of the molecule is C[C@H](NC(=O)OCC1c2ccccc2-c2ccccc21)C(=O)NC(CCS(C)(=O)=O)C(=O)O. The molecule has 1 unspecified atom stereocenters. The zero-order valence-corrected chi connectivity index (χ0v) is 19.1. The Morgan fingerprint density at radius 2 is 1.55 bits per heavy atom. The summed E-state index contributed by atoms with van der Waals surface area (Å²) in [5, 5.41) is 13.9. The molecule has 0 radical (unpaired) electrons. The molecule has 0 heterocycles. The number of fused-ring (bicyclic) bond motifs is 3. The van der Waals surface area contributed by atoms with Gasteiger partial charge in [0, 0.05) is 12.2 Å². The van der Waals surface area contributed by atoms with E-state index in [1.807, 2.05) is 48.5 Å². The molecule has 0 bridgehead atoms. The normalized spacial score (nSPS) is 14.5. The number of benzene rings is 2. The number of aliphatic carboxylic acids is 1. The summed E-state index contributed by atoms with van der Waals surface area (Å²) >= 11 is 0. The Labute approximate surface area is 192 Å². The van der Waals surface area contributed by atoms with Gasteiger partial charge in [0.25, 0.3) is 0 Å². The number of rotatable bonds is 9. The second kappa shape index (κ2) is 10.0. The Balaban J connectivity index is 1.56. The monoisotopic (exact) mass is 474 g/mol. The van der Waals surface area contributed by atoms with Gasteiger partial charge in [-0.15, -0.1) is 0 Å². The number of carbonyl (C=O) groups excluding carboxylic acids is 2. The van der Waals surface area contributed by atoms with Crippen molar-refractivity contribution in [2.24, 2.45) is 0 Å². The number of nitrogens with one attached hydrogen (secondary N) is 2. The number of carboxylic acids is 1. The number of carboxylic acid groups (broad SMARTS) is 1. The summed E-state index contributed by atoms with van der Waals surface area (Å²) < 4.78 is 27.9. The fraction of sp³-hybridized carbons (Fsp3) is 0.348. The van der Waals surface area contributed by atoms with E-state index in [-0.39, 0.29) is 18.9 Å². The van der Waals surface area contributed by atoms with Gasteiger partial charge < -0.3 is 20.5 Å². The molecule has 0 saturated carbocycles. The number of carbonyl (C=O) groups is 3. The van der Waals surface area contributed by atoms with Crippen LogP contribution in [0.5, 0.6) is 0 Å². The molecule has 9 nitrogen and oxygen atoms in total. The van der Waals surface area contributed by atoms with Crippen LogP contribution < -0.4 is 10.6 Å². The fourth-order valence-electron chi connectivity index (χ4n) is 3.77. The minimum Gasteiger partial charge on any atom is -0.480 e. The molecule has 10 heteroatoms. The fourth-order valence-corrected chi connectivity index (χ4v) is 4.43. The zero-order chi connectivity index (χ0) is 24.2. The van der Waals surface area contributed by atoms with Crippen LogP contribution in [-0.4, -0.2) is 62.2 Å². The maximum Gasteiger partial charge on any atom is 0.407 e. The second-order valence-corrected chi connectivity index (χ2v) is 10.3. The van der Waals surface area contributed by atoms with Crippen LogP contribution in [0.1, 0.15) is 30.4 Å². The number of hydrogen-bond acceptors (Lipinski definition) is 6. The van der Waals surface area contributed by atoms with Crippen molar-refractivity contribution in [2.75, 3.05) is 18.6 Å². The summed E-state index contributed by atoms with van der Waals surface area (Å²) in [4.78, 5) is 35.9. The molecule has 0 fully saturated rings. The highest BCUT2D eigenvalue weighted by Crippen LogP contribution is 2.44. The summed E-state index contributed by atoms with van der Waals surface area (Å²) in [7, 11) is -3.39. The Kier molecular flexibility index (Phi) is 7.37. The van der Waals surface area contributed by atoms with Crippen molar-refractivity contribution in [3.63, 3.8) is 0 Å². The minimum absolute atomic E-state index is 0.0698. The summed E-state index contributed by atoms with van der Waals surface area (Å²) in [5.74, 6) is -2.65. The van der Waals surface area contributed by atoms with Crippen molar-refractivity contribution < 1.29 is 32.6 Å². The molecule has 2 atom stereocenters. The van der Waals surface area contributed by atoms with Gasteiger partial charge in [0.1, 0.15) is 28.5 Å². The molecule has 1 aliphatic carbocycles. The van der Waals surface area contributed by atoms with E-state index in [2.05, 4.69) is 10.6 Å². The van der Waals surface area contributed by atoms with Crippen LogP contribution in [0.25, 0.3) is 11.1 Å². The van der Waals surface area contributed by atoms with Crippen molar-refractivity contribution in [1.29, 1.82) is 0 Å². The van der Waals surface area contributed by atoms with Gasteiger partial charge in [0.2, 0.25) is 5.91 Å². The Morgan fingerprint density at radius 3 is 2.06 bits per heavy atom. The molecule has 176 valence electrons. The van der Waals surface area contributed by atoms with Crippen LogP contribution in [0.3, 0.4) is 0 Å². The molecule has 33 heavy (non-hydrogen) atoms. The maximum atomic E-state index is 12.3. The van der Waals surface area contributed by atoms with E-state index in [0.29, 0.717) is 0 Å². The standard InChI is InChI=1S/C23H26N2O7S/c1-14(21(26)25-20(22(27)28)11-12-33(2,30)31)24-23(29)32-13-19-17-9-5-3-7-15(17)16-8-4-6-10-18(16)19/h3-10,14,19-20H,11-13H2,1-2H3,(H,24,29)(H,25,26)(H,27,28)/t14-,20?/m0/s1. The number of ether oxygens (including phenoxy) is 1.